The van der Waals surface area contributed by atoms with Crippen LogP contribution >= 0.6 is 0 Å². The van der Waals surface area contributed by atoms with Crippen LogP contribution in [0, 0.1) is 0 Å². The summed E-state index contributed by atoms with van der Waals surface area (Å²) in [6.07, 6.45) is 6.03. The van der Waals surface area contributed by atoms with Gasteiger partial charge in [-0.3, -0.25) is 4.90 Å². The predicted octanol–water partition coefficient (Wildman–Crippen LogP) is 15.4. The first-order valence-corrected chi connectivity index (χ1v) is 30.7. The number of hydrogen-bond acceptors (Lipinski definition) is 10. The Balaban J connectivity index is 0.000000188. The number of rotatable bonds is 16. The van der Waals surface area contributed by atoms with Crippen molar-refractivity contribution < 1.29 is 51.3 Å². The number of aliphatic hydroxyl groups excluding tert-OH is 4. The maximum Gasteiger partial charge on any atom is 0.285 e. The number of amidine groups is 1. The number of aliphatic hydroxyl groups is 4. The molecule has 3 aliphatic rings. The molecule has 0 amide bonds. The molecular weight excluding hydrogens is 1140 g/mol. The second-order valence-corrected chi connectivity index (χ2v) is 23.4. The van der Waals surface area contributed by atoms with E-state index in [4.69, 9.17) is 23.9 Å². The lowest BCUT2D eigenvalue weighted by Gasteiger charge is -2.34. The van der Waals surface area contributed by atoms with Gasteiger partial charge in [-0.05, 0) is 180 Å². The summed E-state index contributed by atoms with van der Waals surface area (Å²) in [4.78, 5) is 7.04. The zero-order chi connectivity index (χ0) is 63.6. The fraction of sp³-hybridized carbons (Fsp3) is 0.150. The van der Waals surface area contributed by atoms with Crippen LogP contribution in [0.5, 0.6) is 23.0 Å². The minimum absolute atomic E-state index is 0. The number of nitrogens with zero attached hydrogens (tertiary/aromatic N) is 4. The third kappa shape index (κ3) is 11.2. The van der Waals surface area contributed by atoms with Crippen LogP contribution in [0.4, 0.5) is 5.82 Å². The lowest BCUT2D eigenvalue weighted by molar-refractivity contribution is -0.680. The van der Waals surface area contributed by atoms with Gasteiger partial charge in [0.15, 0.2) is 28.7 Å². The Morgan fingerprint density at radius 1 is 0.457 bits per heavy atom. The van der Waals surface area contributed by atoms with Crippen molar-refractivity contribution in [1.29, 1.82) is 0 Å². The predicted molar refractivity (Wildman–Crippen MR) is 370 cm³/mol. The van der Waals surface area contributed by atoms with Crippen LogP contribution in [-0.2, 0) is 33.0 Å². The highest BCUT2D eigenvalue weighted by molar-refractivity contribution is 6.07. The molecule has 92 heavy (non-hydrogen) atoms. The molecule has 12 heteroatoms. The van der Waals surface area contributed by atoms with Gasteiger partial charge in [-0.1, -0.05) is 121 Å². The second-order valence-electron chi connectivity index (χ2n) is 23.4. The van der Waals surface area contributed by atoms with Crippen LogP contribution in [0.3, 0.4) is 0 Å². The number of benzene rings is 10. The van der Waals surface area contributed by atoms with E-state index in [9.17, 15) is 20.4 Å². The van der Waals surface area contributed by atoms with E-state index >= 15 is 0 Å². The van der Waals surface area contributed by atoms with Crippen LogP contribution in [-0.4, -0.2) is 79.8 Å². The number of quaternary nitrogens is 1. The first-order chi connectivity index (χ1) is 45.0. The molecule has 12 nitrogen and oxygen atoms in total. The number of fused-ring (bicyclic) bond motifs is 6. The third-order valence-corrected chi connectivity index (χ3v) is 18.0. The van der Waals surface area contributed by atoms with Gasteiger partial charge in [0.2, 0.25) is 5.84 Å². The summed E-state index contributed by atoms with van der Waals surface area (Å²) < 4.78 is 26.7. The Morgan fingerprint density at radius 3 is 1.36 bits per heavy atom. The van der Waals surface area contributed by atoms with Crippen LogP contribution in [0.2, 0.25) is 0 Å². The van der Waals surface area contributed by atoms with E-state index in [1.54, 1.807) is 28.4 Å². The first kappa shape index (κ1) is 60.5. The number of aromatic nitrogens is 1. The highest BCUT2D eigenvalue weighted by Gasteiger charge is 2.43. The fourth-order valence-electron chi connectivity index (χ4n) is 13.3. The molecule has 0 saturated heterocycles. The number of anilines is 1. The van der Waals surface area contributed by atoms with Crippen LogP contribution in [0.25, 0.3) is 101 Å². The van der Waals surface area contributed by atoms with E-state index in [-0.39, 0.29) is 29.3 Å². The molecule has 462 valence electrons. The average molecular weight is 1220 g/mol. The Hall–Kier alpha value is -10.4. The zero-order valence-corrected chi connectivity index (χ0v) is 52.4. The SMILES string of the molecule is COc1cc(-c2cc3cc(CO)c(CO)cc3c3[n+]2CCN3C)cc(-c2cc(-c3ccccc3)cc(-c3ccccc3)c2)c1OC.COc1cc(C2=Cc3cc(CO)c(CO)cc3C3=NC=C[N+]23C)cc(-c2cc(-c3ccccc3)cc(-c3ccccc3)c2)c1OC.[2H-].[2H-]. The van der Waals surface area contributed by atoms with Gasteiger partial charge in [0.05, 0.1) is 86.1 Å². The maximum absolute atomic E-state index is 10.1. The van der Waals surface area contributed by atoms with Gasteiger partial charge in [0.25, 0.3) is 5.82 Å². The van der Waals surface area contributed by atoms with Crippen LogP contribution < -0.4 is 28.4 Å². The van der Waals surface area contributed by atoms with Crippen molar-refractivity contribution in [1.82, 2.24) is 0 Å². The summed E-state index contributed by atoms with van der Waals surface area (Å²) in [5, 5.41) is 42.2. The van der Waals surface area contributed by atoms with Gasteiger partial charge in [-0.25, -0.2) is 9.05 Å². The molecule has 1 atom stereocenters. The molecule has 0 radical (unpaired) electrons. The van der Waals surface area contributed by atoms with Crippen molar-refractivity contribution in [3.63, 3.8) is 0 Å². The molecule has 10 aromatic carbocycles. The zero-order valence-electron chi connectivity index (χ0n) is 54.4. The summed E-state index contributed by atoms with van der Waals surface area (Å²) in [5.41, 5.74) is 21.5. The molecule has 1 unspecified atom stereocenters. The lowest BCUT2D eigenvalue weighted by atomic mass is 9.89. The first-order valence-electron chi connectivity index (χ1n) is 30.7. The van der Waals surface area contributed by atoms with Crippen molar-refractivity contribution in [2.45, 2.75) is 33.0 Å². The summed E-state index contributed by atoms with van der Waals surface area (Å²) in [5.74, 6) is 4.52. The Labute approximate surface area is 539 Å². The van der Waals surface area contributed by atoms with E-state index in [2.05, 4.69) is 187 Å². The van der Waals surface area contributed by atoms with Crippen LogP contribution in [0.1, 0.15) is 41.8 Å². The quantitative estimate of drug-likeness (QED) is 0.0550. The van der Waals surface area contributed by atoms with Crippen molar-refractivity contribution in [3.05, 3.63) is 264 Å². The molecule has 0 fully saturated rings. The van der Waals surface area contributed by atoms with Gasteiger partial charge >= 0.3 is 0 Å². The Kier molecular flexibility index (Phi) is 17.0. The summed E-state index contributed by atoms with van der Waals surface area (Å²) in [7, 11) is 10.9. The standard InChI is InChI=1S/C40H35N2O4.C40H37N2O4.2H/c1-42-15-14-41-40(42)36-21-34(25-44)33(24-43)19-31(36)22-37(42)32-20-35(39(46-3)38(23-32)45-2)30-17-28(26-10-6-4-7-11-26)16-29(18-30)27-12-8-5-9-13-27;1-41-14-15-42-37(22-31-19-33(24-43)34(25-44)21-36(31)40(41)42)32-20-35(39(46-3)38(23-32)45-2)30-17-28(26-10-6-4-7-11-26)16-29(18-30)27-12-8-5-9-13-27;;/h4-23,43-44H,24-25H2,1-3H3;4-13,16-23,43-44H,14-15,24-25H2,1-3H3;;/q2*+1;2*-1/i;;2*1+1. The normalized spacial score (nSPS) is 14.4. The summed E-state index contributed by atoms with van der Waals surface area (Å²) in [6, 6.07) is 73.5. The largest absolute Gasteiger partial charge is 1.00 e. The molecule has 0 aliphatic carbocycles. The minimum atomic E-state index is -0.162. The van der Waals surface area contributed by atoms with E-state index in [0.717, 1.165) is 147 Å². The molecular formula is C80H74N4O8. The fourth-order valence-corrected chi connectivity index (χ4v) is 13.3. The van der Waals surface area contributed by atoms with Crippen molar-refractivity contribution in [2.24, 2.45) is 4.99 Å². The highest BCUT2D eigenvalue weighted by atomic mass is 16.5. The number of ether oxygens (including phenoxy) is 4. The van der Waals surface area contributed by atoms with E-state index in [1.807, 2.05) is 66.9 Å². The Bertz CT molecular complexity index is 4600. The lowest BCUT2D eigenvalue weighted by Crippen LogP contribution is -2.43. The van der Waals surface area contributed by atoms with Crippen molar-refractivity contribution >= 4 is 34.2 Å². The van der Waals surface area contributed by atoms with Gasteiger partial charge in [0, 0.05) is 28.3 Å². The smallest absolute Gasteiger partial charge is 0.285 e. The molecule has 0 saturated carbocycles. The van der Waals surface area contributed by atoms with E-state index in [0.29, 0.717) is 38.6 Å². The van der Waals surface area contributed by atoms with Gasteiger partial charge in [-0.15, -0.1) is 0 Å². The molecule has 1 aromatic heterocycles. The van der Waals surface area contributed by atoms with E-state index in [1.165, 1.54) is 0 Å². The number of likely N-dealkylation sites (N-methyl/N-ethyl adjacent to an activating group) is 1. The van der Waals surface area contributed by atoms with Gasteiger partial charge < -0.3 is 42.2 Å². The van der Waals surface area contributed by atoms with Crippen molar-refractivity contribution in [3.8, 4) is 101 Å². The highest BCUT2D eigenvalue weighted by Crippen LogP contribution is 2.49. The van der Waals surface area contributed by atoms with E-state index < -0.39 is 0 Å². The molecule has 4 heterocycles. The number of methoxy groups -OCH3 is 4. The van der Waals surface area contributed by atoms with Crippen molar-refractivity contribution in [2.75, 3.05) is 54.0 Å². The van der Waals surface area contributed by atoms with Gasteiger partial charge in [0.1, 0.15) is 25.0 Å². The average Bonchev–Trinajstić information content (AvgIpc) is 1.40. The summed E-state index contributed by atoms with van der Waals surface area (Å²) >= 11 is 0. The molecule has 0 spiro atoms. The number of aliphatic imine (C=N–C) groups is 1. The third-order valence-electron chi connectivity index (χ3n) is 18.0. The van der Waals surface area contributed by atoms with Crippen LogP contribution in [0.15, 0.2) is 230 Å². The topological polar surface area (TPSA) is 137 Å². The molecule has 14 rings (SSSR count). The monoisotopic (exact) mass is 1220 g/mol. The second kappa shape index (κ2) is 25.8. The molecule has 3 aliphatic heterocycles. The Morgan fingerprint density at radius 2 is 0.891 bits per heavy atom. The number of hydrogen-bond donors (Lipinski definition) is 4. The summed E-state index contributed by atoms with van der Waals surface area (Å²) in [6.45, 7) is 1.11. The minimum Gasteiger partial charge on any atom is -1.00 e. The van der Waals surface area contributed by atoms with Gasteiger partial charge in [-0.2, -0.15) is 4.99 Å². The molecule has 4 N–H and O–H groups in total. The maximum atomic E-state index is 10.1. The number of pyridine rings is 1. The molecule has 0 bridgehead atoms. The molecule has 11 aromatic rings.